The normalized spacial score (nSPS) is 9.92. The zero-order valence-electron chi connectivity index (χ0n) is 15.3. The van der Waals surface area contributed by atoms with Crippen LogP contribution in [0, 0.1) is 0 Å². The first-order valence-corrected chi connectivity index (χ1v) is 9.19. The van der Waals surface area contributed by atoms with E-state index in [0.29, 0.717) is 6.61 Å². The fraction of sp³-hybridized carbons (Fsp3) is 0.789. The summed E-state index contributed by atoms with van der Waals surface area (Å²) in [4.78, 5) is 19.7. The van der Waals surface area contributed by atoms with Crippen molar-refractivity contribution in [2.24, 2.45) is 0 Å². The van der Waals surface area contributed by atoms with Gasteiger partial charge in [-0.05, 0) is 6.42 Å². The molecule has 0 aliphatic rings. The highest BCUT2D eigenvalue weighted by atomic mass is 16.4. The fourth-order valence-electron chi connectivity index (χ4n) is 2.21. The summed E-state index contributed by atoms with van der Waals surface area (Å²) in [5.74, 6) is -2.44. The third-order valence-corrected chi connectivity index (χ3v) is 3.68. The van der Waals surface area contributed by atoms with E-state index < -0.39 is 18.4 Å². The summed E-state index contributed by atoms with van der Waals surface area (Å²) in [7, 11) is 0. The third-order valence-electron chi connectivity index (χ3n) is 3.68. The number of carbonyl (C=O) groups is 2. The molecule has 0 atom stereocenters. The first-order valence-electron chi connectivity index (χ1n) is 9.19. The maximum absolute atomic E-state index is 9.87. The topological polar surface area (TPSA) is 94.8 Å². The third kappa shape index (κ3) is 22.9. The molecule has 0 rings (SSSR count). The summed E-state index contributed by atoms with van der Waals surface area (Å²) < 4.78 is 0. The summed E-state index contributed by atoms with van der Waals surface area (Å²) >= 11 is 0. The SMILES string of the molecule is C=C(CC(=O)O)C(=O)O.CCCCCCCCCCCCCCO. The molecule has 0 bridgehead atoms. The van der Waals surface area contributed by atoms with E-state index in [1.54, 1.807) is 0 Å². The van der Waals surface area contributed by atoms with E-state index >= 15 is 0 Å². The second-order valence-electron chi connectivity index (χ2n) is 6.09. The predicted molar refractivity (Wildman–Crippen MR) is 97.2 cm³/mol. The Kier molecular flexibility index (Phi) is 20.4. The molecule has 0 fully saturated rings. The molecule has 0 aromatic carbocycles. The second kappa shape index (κ2) is 19.7. The minimum absolute atomic E-state index is 0.303. The smallest absolute Gasteiger partial charge is 0.331 e. The van der Waals surface area contributed by atoms with Crippen molar-refractivity contribution in [1.82, 2.24) is 0 Å². The van der Waals surface area contributed by atoms with Crippen LogP contribution in [0.4, 0.5) is 0 Å². The molecule has 0 aliphatic heterocycles. The van der Waals surface area contributed by atoms with Crippen LogP contribution in [-0.4, -0.2) is 33.9 Å². The largest absolute Gasteiger partial charge is 0.481 e. The van der Waals surface area contributed by atoms with Gasteiger partial charge in [0.15, 0.2) is 0 Å². The van der Waals surface area contributed by atoms with E-state index in [1.165, 1.54) is 70.6 Å². The van der Waals surface area contributed by atoms with Crippen LogP contribution >= 0.6 is 0 Å². The summed E-state index contributed by atoms with van der Waals surface area (Å²) in [6.45, 7) is 5.66. The van der Waals surface area contributed by atoms with Gasteiger partial charge in [-0.2, -0.15) is 0 Å². The fourth-order valence-corrected chi connectivity index (χ4v) is 2.21. The van der Waals surface area contributed by atoms with Crippen LogP contribution in [0.1, 0.15) is 90.4 Å². The van der Waals surface area contributed by atoms with Gasteiger partial charge in [-0.25, -0.2) is 4.79 Å². The van der Waals surface area contributed by atoms with Crippen LogP contribution in [0.15, 0.2) is 12.2 Å². The Morgan fingerprint density at radius 1 is 0.750 bits per heavy atom. The van der Waals surface area contributed by atoms with Gasteiger partial charge in [0.25, 0.3) is 0 Å². The number of carboxylic acids is 2. The van der Waals surface area contributed by atoms with Gasteiger partial charge in [-0.15, -0.1) is 0 Å². The predicted octanol–water partition coefficient (Wildman–Crippen LogP) is 4.78. The quantitative estimate of drug-likeness (QED) is 0.293. The van der Waals surface area contributed by atoms with Crippen molar-refractivity contribution in [3.05, 3.63) is 12.2 Å². The van der Waals surface area contributed by atoms with E-state index in [1.807, 2.05) is 0 Å². The first-order chi connectivity index (χ1) is 11.5. The average molecular weight is 344 g/mol. The van der Waals surface area contributed by atoms with Crippen LogP contribution in [0.2, 0.25) is 0 Å². The molecule has 0 aromatic heterocycles. The van der Waals surface area contributed by atoms with E-state index in [2.05, 4.69) is 13.5 Å². The highest BCUT2D eigenvalue weighted by Gasteiger charge is 2.07. The van der Waals surface area contributed by atoms with E-state index in [-0.39, 0.29) is 5.57 Å². The number of aliphatic hydroxyl groups is 1. The number of aliphatic hydroxyl groups excluding tert-OH is 1. The van der Waals surface area contributed by atoms with Crippen LogP contribution in [0.3, 0.4) is 0 Å². The second-order valence-corrected chi connectivity index (χ2v) is 6.09. The lowest BCUT2D eigenvalue weighted by molar-refractivity contribution is -0.139. The molecule has 0 aromatic rings. The molecule has 0 radical (unpaired) electrons. The van der Waals surface area contributed by atoms with Crippen LogP contribution < -0.4 is 0 Å². The molecule has 0 heterocycles. The maximum atomic E-state index is 9.87. The van der Waals surface area contributed by atoms with E-state index in [9.17, 15) is 9.59 Å². The molecule has 24 heavy (non-hydrogen) atoms. The average Bonchev–Trinajstić information content (AvgIpc) is 2.52. The zero-order chi connectivity index (χ0) is 18.6. The van der Waals surface area contributed by atoms with Crippen molar-refractivity contribution in [3.63, 3.8) is 0 Å². The maximum Gasteiger partial charge on any atom is 0.331 e. The van der Waals surface area contributed by atoms with E-state index in [4.69, 9.17) is 15.3 Å². The van der Waals surface area contributed by atoms with Gasteiger partial charge >= 0.3 is 11.9 Å². The molecule has 0 amide bonds. The van der Waals surface area contributed by atoms with Gasteiger partial charge in [-0.1, -0.05) is 84.1 Å². The number of carboxylic acid groups (broad SMARTS) is 2. The number of rotatable bonds is 15. The van der Waals surface area contributed by atoms with Crippen molar-refractivity contribution in [2.45, 2.75) is 90.4 Å². The highest BCUT2D eigenvalue weighted by molar-refractivity contribution is 5.91. The molecule has 5 nitrogen and oxygen atoms in total. The molecule has 3 N–H and O–H groups in total. The van der Waals surface area contributed by atoms with Gasteiger partial charge in [0.2, 0.25) is 0 Å². The highest BCUT2D eigenvalue weighted by Crippen LogP contribution is 2.11. The van der Waals surface area contributed by atoms with Crippen molar-refractivity contribution in [1.29, 1.82) is 0 Å². The van der Waals surface area contributed by atoms with Crippen LogP contribution in [-0.2, 0) is 9.59 Å². The van der Waals surface area contributed by atoms with Crippen LogP contribution in [0.25, 0.3) is 0 Å². The molecule has 0 spiro atoms. The molecule has 0 aliphatic carbocycles. The Balaban J connectivity index is 0. The molecule has 0 saturated carbocycles. The van der Waals surface area contributed by atoms with Crippen molar-refractivity contribution >= 4 is 11.9 Å². The zero-order valence-corrected chi connectivity index (χ0v) is 15.3. The lowest BCUT2D eigenvalue weighted by Gasteiger charge is -2.01. The lowest BCUT2D eigenvalue weighted by Crippen LogP contribution is -2.04. The Morgan fingerprint density at radius 3 is 1.38 bits per heavy atom. The van der Waals surface area contributed by atoms with Crippen molar-refractivity contribution in [2.75, 3.05) is 6.61 Å². The van der Waals surface area contributed by atoms with Crippen LogP contribution in [0.5, 0.6) is 0 Å². The first kappa shape index (κ1) is 24.9. The summed E-state index contributed by atoms with van der Waals surface area (Å²) in [5, 5.41) is 24.7. The number of hydrogen-bond donors (Lipinski definition) is 3. The minimum atomic E-state index is -1.27. The van der Waals surface area contributed by atoms with E-state index in [0.717, 1.165) is 6.42 Å². The Hall–Kier alpha value is -1.36. The molecule has 5 heteroatoms. The van der Waals surface area contributed by atoms with Crippen molar-refractivity contribution in [3.8, 4) is 0 Å². The number of hydrogen-bond acceptors (Lipinski definition) is 3. The summed E-state index contributed by atoms with van der Waals surface area (Å²) in [6.07, 6.45) is 15.7. The van der Waals surface area contributed by atoms with Gasteiger partial charge < -0.3 is 15.3 Å². The Labute approximate surface area is 146 Å². The molecule has 142 valence electrons. The van der Waals surface area contributed by atoms with Gasteiger partial charge in [0.05, 0.1) is 6.42 Å². The minimum Gasteiger partial charge on any atom is -0.481 e. The summed E-state index contributed by atoms with van der Waals surface area (Å²) in [5.41, 5.74) is -0.303. The van der Waals surface area contributed by atoms with Crippen molar-refractivity contribution < 1.29 is 24.9 Å². The molecule has 0 saturated heterocycles. The lowest BCUT2D eigenvalue weighted by atomic mass is 10.1. The Morgan fingerprint density at radius 2 is 1.12 bits per heavy atom. The van der Waals surface area contributed by atoms with Gasteiger partial charge in [0, 0.05) is 12.2 Å². The number of unbranched alkanes of at least 4 members (excludes halogenated alkanes) is 11. The van der Waals surface area contributed by atoms with Gasteiger partial charge in [-0.3, -0.25) is 4.79 Å². The number of aliphatic carboxylic acids is 2. The standard InChI is InChI=1S/C14H30O.C5H6O4/c1-2-3-4-5-6-7-8-9-10-11-12-13-14-15;1-3(5(8)9)2-4(6)7/h15H,2-14H2,1H3;1-2H2,(H,6,7)(H,8,9). The Bertz CT molecular complexity index is 314. The molecular weight excluding hydrogens is 308 g/mol. The summed E-state index contributed by atoms with van der Waals surface area (Å²) in [6, 6.07) is 0. The van der Waals surface area contributed by atoms with Gasteiger partial charge in [0.1, 0.15) is 0 Å². The monoisotopic (exact) mass is 344 g/mol. The molecular formula is C19H36O5. The molecule has 0 unspecified atom stereocenters.